The van der Waals surface area contributed by atoms with Gasteiger partial charge in [-0.05, 0) is 116 Å². The van der Waals surface area contributed by atoms with Gasteiger partial charge in [-0.3, -0.25) is 0 Å². The summed E-state index contributed by atoms with van der Waals surface area (Å²) < 4.78 is 45.8. The molecule has 0 atom stereocenters. The summed E-state index contributed by atoms with van der Waals surface area (Å²) in [5.74, 6) is 0. The van der Waals surface area contributed by atoms with Gasteiger partial charge in [0, 0.05) is 0 Å². The molecule has 0 aliphatic carbocycles. The highest BCUT2D eigenvalue weighted by Gasteiger charge is 2.69. The van der Waals surface area contributed by atoms with E-state index in [1.54, 1.807) is 0 Å². The Bertz CT molecular complexity index is 858. The Morgan fingerprint density at radius 2 is 0.625 bits per heavy atom. The van der Waals surface area contributed by atoms with E-state index < -0.39 is 84.6 Å². The number of nitrogens with zero attached hydrogens (tertiary/aromatic N) is 2. The van der Waals surface area contributed by atoms with Crippen LogP contribution in [0.4, 0.5) is 0 Å². The smallest absolute Gasteiger partial charge is 0.317 e. The van der Waals surface area contributed by atoms with Crippen LogP contribution in [-0.4, -0.2) is 92.4 Å². The van der Waals surface area contributed by atoms with Crippen LogP contribution in [0.5, 0.6) is 0 Å². The van der Waals surface area contributed by atoms with Crippen molar-refractivity contribution < 1.29 is 24.7 Å². The first-order valence-corrected chi connectivity index (χ1v) is 43.6. The Kier molecular flexibility index (Phi) is 9.72. The molecule has 236 valence electrons. The molecule has 0 bridgehead atoms. The molecular weight excluding hydrogens is 669 g/mol. The molecular formula is C22H62N2O6Si10. The number of hydrogen-bond acceptors (Lipinski definition) is 8. The zero-order chi connectivity index (χ0) is 31.2. The molecule has 0 aromatic carbocycles. The highest BCUT2D eigenvalue weighted by atomic mass is 28.6. The SMILES string of the molecule is C[Si]1(C)O[Si](C)(C)O[Si](C)(CC[Si](C)(C)N2[Si](C)(C)N([Si](C)(C)CC[Si]3(C)O[Si](C)(C)O[Si](C)(C)O3)[Si]2(C)C)O1. The summed E-state index contributed by atoms with van der Waals surface area (Å²) in [7, 11) is -19.9. The van der Waals surface area contributed by atoms with Crippen molar-refractivity contribution in [2.45, 2.75) is 142 Å². The normalized spacial score (nSPS) is 30.4. The van der Waals surface area contributed by atoms with E-state index >= 15 is 0 Å². The lowest BCUT2D eigenvalue weighted by atomic mass is 10.9. The molecule has 3 saturated heterocycles. The summed E-state index contributed by atoms with van der Waals surface area (Å²) in [5, 5.41) is 0. The van der Waals surface area contributed by atoms with Crippen molar-refractivity contribution in [3.63, 3.8) is 0 Å². The third-order valence-corrected chi connectivity index (χ3v) is 64.7. The Balaban J connectivity index is 1.75. The summed E-state index contributed by atoms with van der Waals surface area (Å²) >= 11 is 0. The molecule has 18 heteroatoms. The van der Waals surface area contributed by atoms with Crippen molar-refractivity contribution in [1.29, 1.82) is 0 Å². The van der Waals surface area contributed by atoms with Gasteiger partial charge in [-0.1, -0.05) is 26.2 Å². The van der Waals surface area contributed by atoms with E-state index in [4.69, 9.17) is 24.7 Å². The van der Waals surface area contributed by atoms with E-state index in [1.165, 1.54) is 12.1 Å². The fourth-order valence-electron chi connectivity index (χ4n) is 9.34. The van der Waals surface area contributed by atoms with E-state index in [0.717, 1.165) is 12.1 Å². The van der Waals surface area contributed by atoms with Crippen molar-refractivity contribution >= 4 is 84.6 Å². The molecule has 3 fully saturated rings. The molecule has 0 N–H and O–H groups in total. The van der Waals surface area contributed by atoms with Gasteiger partial charge in [0.2, 0.25) is 0 Å². The molecule has 0 aromatic heterocycles. The molecule has 0 amide bonds. The van der Waals surface area contributed by atoms with Crippen LogP contribution in [-0.2, 0) is 24.7 Å². The standard InChI is InChI=1S/C22H62N2O6Si10/c1-31(2,19-21-39(17)27-35(9,10)25-36(11,12)28-39)23-33(5,6)24(34(23,7)8)32(3,4)20-22-40(18)29-37(13,14)26-38(15,16)30-40/h19-22H2,1-18H3. The summed E-state index contributed by atoms with van der Waals surface area (Å²) in [4.78, 5) is 0. The average molecular weight is 732 g/mol. The third kappa shape index (κ3) is 7.79. The fourth-order valence-corrected chi connectivity index (χ4v) is 89.0. The molecule has 0 aromatic rings. The Hall–Kier alpha value is 1.85. The molecule has 8 nitrogen and oxygen atoms in total. The van der Waals surface area contributed by atoms with E-state index in [9.17, 15) is 0 Å². The lowest BCUT2D eigenvalue weighted by molar-refractivity contribution is 0.231. The van der Waals surface area contributed by atoms with Gasteiger partial charge in [0.15, 0.2) is 16.8 Å². The van der Waals surface area contributed by atoms with Gasteiger partial charge in [-0.2, -0.15) is 0 Å². The summed E-state index contributed by atoms with van der Waals surface area (Å²) in [6.45, 7) is 43.3. The van der Waals surface area contributed by atoms with Crippen LogP contribution >= 0.6 is 0 Å². The van der Waals surface area contributed by atoms with Gasteiger partial charge in [0.05, 0.1) is 0 Å². The number of rotatable bonds is 8. The highest BCUT2D eigenvalue weighted by molar-refractivity contribution is 7.20. The topological polar surface area (TPSA) is 61.9 Å². The van der Waals surface area contributed by atoms with E-state index in [0.29, 0.717) is 0 Å². The van der Waals surface area contributed by atoms with Crippen LogP contribution in [0.3, 0.4) is 0 Å². The quantitative estimate of drug-likeness (QED) is 0.238. The van der Waals surface area contributed by atoms with Gasteiger partial charge in [-0.15, -0.1) is 0 Å². The van der Waals surface area contributed by atoms with E-state index in [1.807, 2.05) is 0 Å². The van der Waals surface area contributed by atoms with Crippen LogP contribution in [0.25, 0.3) is 0 Å². The summed E-state index contributed by atoms with van der Waals surface area (Å²) in [5.41, 5.74) is 0. The Morgan fingerprint density at radius 3 is 0.850 bits per heavy atom. The van der Waals surface area contributed by atoms with Gasteiger partial charge < -0.3 is 32.5 Å². The van der Waals surface area contributed by atoms with Gasteiger partial charge in [0.25, 0.3) is 0 Å². The maximum atomic E-state index is 6.70. The molecule has 0 saturated carbocycles. The molecule has 3 aliphatic rings. The predicted octanol–water partition coefficient (Wildman–Crippen LogP) is 7.50. The second kappa shape index (κ2) is 10.7. The van der Waals surface area contributed by atoms with E-state index in [-0.39, 0.29) is 0 Å². The monoisotopic (exact) mass is 730 g/mol. The first kappa shape index (κ1) is 36.3. The maximum absolute atomic E-state index is 6.70. The first-order valence-electron chi connectivity index (χ1n) is 15.2. The van der Waals surface area contributed by atoms with Crippen molar-refractivity contribution in [2.75, 3.05) is 0 Å². The zero-order valence-electron chi connectivity index (χ0n) is 29.2. The van der Waals surface area contributed by atoms with Crippen molar-refractivity contribution in [3.8, 4) is 0 Å². The van der Waals surface area contributed by atoms with Gasteiger partial charge >= 0.3 is 51.4 Å². The Labute approximate surface area is 257 Å². The second-order valence-electron chi connectivity index (χ2n) is 16.8. The van der Waals surface area contributed by atoms with E-state index in [2.05, 4.69) is 126 Å². The molecule has 0 unspecified atom stereocenters. The third-order valence-electron chi connectivity index (χ3n) is 8.61. The van der Waals surface area contributed by atoms with Crippen LogP contribution in [0, 0.1) is 0 Å². The molecule has 3 rings (SSSR count). The molecule has 40 heavy (non-hydrogen) atoms. The van der Waals surface area contributed by atoms with Crippen LogP contribution in [0.2, 0.25) is 142 Å². The molecule has 0 radical (unpaired) electrons. The summed E-state index contributed by atoms with van der Waals surface area (Å²) in [6, 6.07) is 4.68. The maximum Gasteiger partial charge on any atom is 0.317 e. The second-order valence-corrected chi connectivity index (χ2v) is 58.0. The van der Waals surface area contributed by atoms with Crippen molar-refractivity contribution in [2.24, 2.45) is 0 Å². The van der Waals surface area contributed by atoms with Crippen LogP contribution < -0.4 is 0 Å². The molecule has 3 aliphatic heterocycles. The van der Waals surface area contributed by atoms with Crippen molar-refractivity contribution in [3.05, 3.63) is 0 Å². The summed E-state index contributed by atoms with van der Waals surface area (Å²) in [6.07, 6.45) is 0. The number of hydrogen-bond donors (Lipinski definition) is 0. The largest absolute Gasteiger partial charge is 0.416 e. The van der Waals surface area contributed by atoms with Gasteiger partial charge in [0.1, 0.15) is 16.5 Å². The fraction of sp³-hybridized carbons (Fsp3) is 1.00. The lowest BCUT2D eigenvalue weighted by Gasteiger charge is -2.76. The minimum absolute atomic E-state index is 1.09. The van der Waals surface area contributed by atoms with Crippen LogP contribution in [0.15, 0.2) is 0 Å². The van der Waals surface area contributed by atoms with Crippen LogP contribution in [0.1, 0.15) is 0 Å². The Morgan fingerprint density at radius 1 is 0.400 bits per heavy atom. The molecule has 3 heterocycles. The zero-order valence-corrected chi connectivity index (χ0v) is 39.2. The predicted molar refractivity (Wildman–Crippen MR) is 193 cm³/mol. The first-order chi connectivity index (χ1) is 17.4. The minimum atomic E-state index is -2.26. The van der Waals surface area contributed by atoms with Gasteiger partial charge in [-0.25, -0.2) is 0 Å². The van der Waals surface area contributed by atoms with Crippen molar-refractivity contribution in [1.82, 2.24) is 7.79 Å². The molecule has 0 spiro atoms. The highest BCUT2D eigenvalue weighted by Crippen LogP contribution is 2.49. The average Bonchev–Trinajstić information content (AvgIpc) is 2.57. The minimum Gasteiger partial charge on any atom is -0.416 e. The lowest BCUT2D eigenvalue weighted by Crippen LogP contribution is -2.97.